The van der Waals surface area contributed by atoms with Crippen LogP contribution in [0.1, 0.15) is 18.4 Å². The van der Waals surface area contributed by atoms with E-state index in [4.69, 9.17) is 15.2 Å². The highest BCUT2D eigenvalue weighted by atomic mass is 16.5. The van der Waals surface area contributed by atoms with Gasteiger partial charge in [-0.05, 0) is 18.4 Å². The zero-order valence-electron chi connectivity index (χ0n) is 13.4. The van der Waals surface area contributed by atoms with Crippen molar-refractivity contribution in [1.82, 2.24) is 5.32 Å². The van der Waals surface area contributed by atoms with Crippen molar-refractivity contribution in [3.63, 3.8) is 0 Å². The number of esters is 1. The zero-order chi connectivity index (χ0) is 17.1. The van der Waals surface area contributed by atoms with Gasteiger partial charge in [-0.2, -0.15) is 0 Å². The van der Waals surface area contributed by atoms with E-state index in [1.54, 1.807) is 6.08 Å². The second-order valence-electron chi connectivity index (χ2n) is 5.08. The van der Waals surface area contributed by atoms with E-state index in [0.717, 1.165) is 5.56 Å². The summed E-state index contributed by atoms with van der Waals surface area (Å²) >= 11 is 0. The highest BCUT2D eigenvalue weighted by molar-refractivity contribution is 5.87. The molecule has 2 atom stereocenters. The summed E-state index contributed by atoms with van der Waals surface area (Å²) in [5.74, 6) is -0.939. The van der Waals surface area contributed by atoms with Crippen molar-refractivity contribution < 1.29 is 19.1 Å². The largest absolute Gasteiger partial charge is 0.459 e. The van der Waals surface area contributed by atoms with Gasteiger partial charge in [0.15, 0.2) is 0 Å². The fourth-order valence-electron chi connectivity index (χ4n) is 1.90. The van der Waals surface area contributed by atoms with E-state index in [1.165, 1.54) is 7.11 Å². The molecule has 0 aliphatic carbocycles. The van der Waals surface area contributed by atoms with E-state index in [-0.39, 0.29) is 13.2 Å². The predicted octanol–water partition coefficient (Wildman–Crippen LogP) is 1.15. The van der Waals surface area contributed by atoms with Crippen LogP contribution in [0.4, 0.5) is 0 Å². The Labute approximate surface area is 136 Å². The summed E-state index contributed by atoms with van der Waals surface area (Å²) in [6.45, 7) is 3.86. The Morgan fingerprint density at radius 2 is 2.04 bits per heavy atom. The van der Waals surface area contributed by atoms with Gasteiger partial charge in [0.25, 0.3) is 0 Å². The molecule has 126 valence electrons. The van der Waals surface area contributed by atoms with Gasteiger partial charge >= 0.3 is 5.97 Å². The van der Waals surface area contributed by atoms with E-state index in [2.05, 4.69) is 11.9 Å². The minimum Gasteiger partial charge on any atom is -0.459 e. The van der Waals surface area contributed by atoms with Crippen LogP contribution in [0.25, 0.3) is 0 Å². The van der Waals surface area contributed by atoms with Gasteiger partial charge in [0.05, 0.1) is 6.61 Å². The molecule has 0 saturated heterocycles. The summed E-state index contributed by atoms with van der Waals surface area (Å²) in [4.78, 5) is 24.1. The molecule has 6 nitrogen and oxygen atoms in total. The molecular weight excluding hydrogens is 296 g/mol. The van der Waals surface area contributed by atoms with Gasteiger partial charge in [-0.25, -0.2) is 4.79 Å². The molecule has 0 aliphatic heterocycles. The van der Waals surface area contributed by atoms with Crippen molar-refractivity contribution in [2.75, 3.05) is 13.7 Å². The first-order chi connectivity index (χ1) is 11.1. The number of hydrogen-bond donors (Lipinski definition) is 2. The third-order valence-electron chi connectivity index (χ3n) is 3.17. The Hall–Kier alpha value is -2.18. The zero-order valence-corrected chi connectivity index (χ0v) is 13.4. The monoisotopic (exact) mass is 320 g/mol. The fraction of sp³-hybridized carbons (Fsp3) is 0.412. The minimum absolute atomic E-state index is 0.0824. The summed E-state index contributed by atoms with van der Waals surface area (Å²) in [6.07, 6.45) is 2.66. The third-order valence-corrected chi connectivity index (χ3v) is 3.17. The van der Waals surface area contributed by atoms with Crippen molar-refractivity contribution in [2.24, 2.45) is 5.73 Å². The first-order valence-corrected chi connectivity index (χ1v) is 7.44. The van der Waals surface area contributed by atoms with Crippen LogP contribution in [0.5, 0.6) is 0 Å². The lowest BCUT2D eigenvalue weighted by molar-refractivity contribution is -0.149. The van der Waals surface area contributed by atoms with E-state index < -0.39 is 24.0 Å². The van der Waals surface area contributed by atoms with Crippen LogP contribution in [0.15, 0.2) is 43.0 Å². The van der Waals surface area contributed by atoms with E-state index in [0.29, 0.717) is 12.8 Å². The molecular formula is C17H24N2O4. The van der Waals surface area contributed by atoms with Gasteiger partial charge in [-0.15, -0.1) is 6.58 Å². The van der Waals surface area contributed by atoms with Gasteiger partial charge in [0, 0.05) is 7.11 Å². The number of allylic oxidation sites excluding steroid dienone is 1. The number of amides is 1. The molecule has 3 N–H and O–H groups in total. The normalized spacial score (nSPS) is 13.0. The van der Waals surface area contributed by atoms with Gasteiger partial charge in [0.2, 0.25) is 5.91 Å². The van der Waals surface area contributed by atoms with Crippen LogP contribution in [-0.2, 0) is 25.7 Å². The van der Waals surface area contributed by atoms with E-state index >= 15 is 0 Å². The molecule has 0 spiro atoms. The number of nitrogens with two attached hydrogens (primary N) is 1. The van der Waals surface area contributed by atoms with E-state index in [1.807, 2.05) is 30.3 Å². The van der Waals surface area contributed by atoms with Crippen molar-refractivity contribution in [1.29, 1.82) is 0 Å². The third kappa shape index (κ3) is 7.08. The van der Waals surface area contributed by atoms with Crippen LogP contribution in [0, 0.1) is 0 Å². The SMILES string of the molecule is C=CCC[C@H](NC(=O)[C@@H](N)COC)C(=O)OCc1ccccc1. The highest BCUT2D eigenvalue weighted by Gasteiger charge is 2.24. The predicted molar refractivity (Wildman–Crippen MR) is 87.5 cm³/mol. The molecule has 1 aromatic carbocycles. The molecule has 6 heteroatoms. The molecule has 0 saturated carbocycles. The fourth-order valence-corrected chi connectivity index (χ4v) is 1.90. The van der Waals surface area contributed by atoms with Crippen molar-refractivity contribution in [2.45, 2.75) is 31.5 Å². The van der Waals surface area contributed by atoms with Gasteiger partial charge in [-0.1, -0.05) is 36.4 Å². The number of carbonyl (C=O) groups excluding carboxylic acids is 2. The van der Waals surface area contributed by atoms with Crippen molar-refractivity contribution in [3.05, 3.63) is 48.6 Å². The first kappa shape index (κ1) is 18.9. The molecule has 0 aliphatic rings. The summed E-state index contributed by atoms with van der Waals surface area (Å²) in [5, 5.41) is 2.61. The lowest BCUT2D eigenvalue weighted by Crippen LogP contribution is -2.50. The number of benzene rings is 1. The molecule has 0 heterocycles. The number of carbonyl (C=O) groups is 2. The number of nitrogens with one attached hydrogen (secondary N) is 1. The maximum Gasteiger partial charge on any atom is 0.328 e. The smallest absolute Gasteiger partial charge is 0.328 e. The molecule has 0 fully saturated rings. The molecule has 1 aromatic rings. The summed E-state index contributed by atoms with van der Waals surface area (Å²) in [7, 11) is 1.45. The second kappa shape index (κ2) is 10.5. The lowest BCUT2D eigenvalue weighted by Gasteiger charge is -2.19. The molecule has 0 aromatic heterocycles. The minimum atomic E-state index is -0.826. The maximum absolute atomic E-state index is 12.2. The number of ether oxygens (including phenoxy) is 2. The molecule has 0 radical (unpaired) electrons. The molecule has 1 rings (SSSR count). The number of hydrogen-bond acceptors (Lipinski definition) is 5. The van der Waals surface area contributed by atoms with Gasteiger partial charge in [0.1, 0.15) is 18.7 Å². The Bertz CT molecular complexity index is 505. The Morgan fingerprint density at radius 1 is 1.35 bits per heavy atom. The van der Waals surface area contributed by atoms with Crippen LogP contribution in [-0.4, -0.2) is 37.7 Å². The average molecular weight is 320 g/mol. The standard InChI is InChI=1S/C17H24N2O4/c1-3-4-10-15(19-16(20)14(18)12-22-2)17(21)23-11-13-8-6-5-7-9-13/h3,5-9,14-15H,1,4,10-12,18H2,2H3,(H,19,20)/t14-,15-/m0/s1. The molecule has 0 unspecified atom stereocenters. The average Bonchev–Trinajstić information content (AvgIpc) is 2.57. The summed E-state index contributed by atoms with van der Waals surface area (Å²) in [6, 6.07) is 7.75. The van der Waals surface area contributed by atoms with Gasteiger partial charge < -0.3 is 20.5 Å². The molecule has 23 heavy (non-hydrogen) atoms. The van der Waals surface area contributed by atoms with Crippen LogP contribution in [0.3, 0.4) is 0 Å². The van der Waals surface area contributed by atoms with Crippen LogP contribution in [0.2, 0.25) is 0 Å². The Kier molecular flexibility index (Phi) is 8.64. The first-order valence-electron chi connectivity index (χ1n) is 7.44. The highest BCUT2D eigenvalue weighted by Crippen LogP contribution is 2.06. The lowest BCUT2D eigenvalue weighted by atomic mass is 10.1. The van der Waals surface area contributed by atoms with Crippen LogP contribution < -0.4 is 11.1 Å². The summed E-state index contributed by atoms with van der Waals surface area (Å²) < 4.78 is 10.1. The van der Waals surface area contributed by atoms with Crippen molar-refractivity contribution in [3.8, 4) is 0 Å². The number of rotatable bonds is 10. The quantitative estimate of drug-likeness (QED) is 0.498. The Balaban J connectivity index is 2.59. The van der Waals surface area contributed by atoms with E-state index in [9.17, 15) is 9.59 Å². The Morgan fingerprint density at radius 3 is 2.65 bits per heavy atom. The van der Waals surface area contributed by atoms with Crippen molar-refractivity contribution >= 4 is 11.9 Å². The topological polar surface area (TPSA) is 90.7 Å². The number of methoxy groups -OCH3 is 1. The second-order valence-corrected chi connectivity index (χ2v) is 5.08. The molecule has 1 amide bonds. The molecule has 0 bridgehead atoms. The summed E-state index contributed by atoms with van der Waals surface area (Å²) in [5.41, 5.74) is 6.54. The van der Waals surface area contributed by atoms with Crippen LogP contribution >= 0.6 is 0 Å². The van der Waals surface area contributed by atoms with Gasteiger partial charge in [-0.3, -0.25) is 4.79 Å². The maximum atomic E-state index is 12.2.